The van der Waals surface area contributed by atoms with Crippen LogP contribution in [0.25, 0.3) is 0 Å². The van der Waals surface area contributed by atoms with E-state index in [1.54, 1.807) is 0 Å². The van der Waals surface area contributed by atoms with Gasteiger partial charge in [-0.05, 0) is 36.8 Å². The molecule has 1 saturated carbocycles. The van der Waals surface area contributed by atoms with Gasteiger partial charge < -0.3 is 5.32 Å². The summed E-state index contributed by atoms with van der Waals surface area (Å²) in [7, 11) is 0. The van der Waals surface area contributed by atoms with E-state index in [1.807, 2.05) is 0 Å². The molecule has 0 spiro atoms. The molecule has 0 radical (unpaired) electrons. The van der Waals surface area contributed by atoms with Crippen LogP contribution in [0.5, 0.6) is 0 Å². The Morgan fingerprint density at radius 3 is 2.42 bits per heavy atom. The van der Waals surface area contributed by atoms with E-state index in [9.17, 15) is 13.2 Å². The van der Waals surface area contributed by atoms with Gasteiger partial charge in [-0.3, -0.25) is 0 Å². The first kappa shape index (κ1) is 14.2. The number of anilines is 1. The fourth-order valence-electron chi connectivity index (χ4n) is 2.97. The van der Waals surface area contributed by atoms with Gasteiger partial charge in [0.15, 0.2) is 17.5 Å². The van der Waals surface area contributed by atoms with Crippen molar-refractivity contribution in [2.75, 3.05) is 5.32 Å². The normalized spacial score (nSPS) is 23.7. The molecule has 0 saturated heterocycles. The first-order valence-corrected chi connectivity index (χ1v) is 6.90. The zero-order valence-corrected chi connectivity index (χ0v) is 11.3. The fraction of sp³-hybridized carbons (Fsp3) is 0.600. The molecule has 1 nitrogen and oxygen atoms in total. The van der Waals surface area contributed by atoms with Gasteiger partial charge in [0.25, 0.3) is 0 Å². The molecule has 2 atom stereocenters. The Morgan fingerprint density at radius 1 is 1.05 bits per heavy atom. The summed E-state index contributed by atoms with van der Waals surface area (Å²) >= 11 is 0. The molecule has 0 heterocycles. The quantitative estimate of drug-likeness (QED) is 0.784. The van der Waals surface area contributed by atoms with Crippen LogP contribution in [0, 0.1) is 29.3 Å². The van der Waals surface area contributed by atoms with Gasteiger partial charge in [-0.1, -0.05) is 26.7 Å². The molecule has 106 valence electrons. The molecule has 1 fully saturated rings. The summed E-state index contributed by atoms with van der Waals surface area (Å²) in [6, 6.07) is 2.38. The highest BCUT2D eigenvalue weighted by Gasteiger charge is 2.28. The molecule has 2 rings (SSSR count). The third-order valence-corrected chi connectivity index (χ3v) is 4.05. The lowest BCUT2D eigenvalue weighted by Gasteiger charge is -2.35. The van der Waals surface area contributed by atoms with Crippen molar-refractivity contribution < 1.29 is 13.2 Å². The van der Waals surface area contributed by atoms with Crippen LogP contribution < -0.4 is 5.32 Å². The highest BCUT2D eigenvalue weighted by molar-refractivity contribution is 5.46. The second kappa shape index (κ2) is 5.85. The molecule has 1 aromatic rings. The van der Waals surface area contributed by atoms with Gasteiger partial charge in [0.05, 0.1) is 5.69 Å². The van der Waals surface area contributed by atoms with Crippen molar-refractivity contribution >= 4 is 5.69 Å². The minimum Gasteiger partial charge on any atom is -0.380 e. The molecule has 1 N–H and O–H groups in total. The average Bonchev–Trinajstić information content (AvgIpc) is 2.40. The van der Waals surface area contributed by atoms with Crippen molar-refractivity contribution in [2.24, 2.45) is 11.8 Å². The smallest absolute Gasteiger partial charge is 0.196 e. The minimum atomic E-state index is -1.40. The minimum absolute atomic E-state index is 0.0662. The second-order valence-electron chi connectivity index (χ2n) is 5.67. The van der Waals surface area contributed by atoms with Crippen LogP contribution in [-0.4, -0.2) is 6.04 Å². The first-order valence-electron chi connectivity index (χ1n) is 6.90. The Morgan fingerprint density at radius 2 is 1.74 bits per heavy atom. The average molecular weight is 271 g/mol. The van der Waals surface area contributed by atoms with Crippen LogP contribution in [0.1, 0.15) is 39.5 Å². The van der Waals surface area contributed by atoms with E-state index in [1.165, 1.54) is 12.5 Å². The van der Waals surface area contributed by atoms with Gasteiger partial charge in [-0.15, -0.1) is 0 Å². The Balaban J connectivity index is 2.17. The molecule has 0 bridgehead atoms. The molecular formula is C15H20F3N. The van der Waals surface area contributed by atoms with Crippen LogP contribution in [0.15, 0.2) is 12.1 Å². The van der Waals surface area contributed by atoms with Gasteiger partial charge in [0, 0.05) is 6.04 Å². The van der Waals surface area contributed by atoms with Crippen molar-refractivity contribution in [1.82, 2.24) is 0 Å². The molecule has 19 heavy (non-hydrogen) atoms. The van der Waals surface area contributed by atoms with E-state index in [-0.39, 0.29) is 11.7 Å². The lowest BCUT2D eigenvalue weighted by atomic mass is 9.78. The van der Waals surface area contributed by atoms with Crippen molar-refractivity contribution in [2.45, 2.75) is 45.6 Å². The maximum absolute atomic E-state index is 13.7. The summed E-state index contributed by atoms with van der Waals surface area (Å²) < 4.78 is 39.8. The molecule has 0 aliphatic heterocycles. The number of nitrogens with one attached hydrogen (secondary N) is 1. The van der Waals surface area contributed by atoms with Crippen LogP contribution in [0.2, 0.25) is 0 Å². The lowest BCUT2D eigenvalue weighted by molar-refractivity contribution is 0.253. The van der Waals surface area contributed by atoms with Gasteiger partial charge in [0.2, 0.25) is 0 Å². The summed E-state index contributed by atoms with van der Waals surface area (Å²) in [5, 5.41) is 3.07. The number of hydrogen-bond acceptors (Lipinski definition) is 1. The Labute approximate surface area is 112 Å². The number of halogens is 3. The predicted octanol–water partition coefficient (Wildman–Crippen LogP) is 4.73. The van der Waals surface area contributed by atoms with Crippen molar-refractivity contribution in [3.63, 3.8) is 0 Å². The van der Waals surface area contributed by atoms with E-state index >= 15 is 0 Å². The van der Waals surface area contributed by atoms with E-state index in [2.05, 4.69) is 19.2 Å². The maximum Gasteiger partial charge on any atom is 0.196 e. The topological polar surface area (TPSA) is 12.0 Å². The zero-order chi connectivity index (χ0) is 14.0. The monoisotopic (exact) mass is 271 g/mol. The first-order chi connectivity index (χ1) is 9.00. The third kappa shape index (κ3) is 3.04. The van der Waals surface area contributed by atoms with Crippen LogP contribution in [0.3, 0.4) is 0 Å². The summed E-state index contributed by atoms with van der Waals surface area (Å²) in [4.78, 5) is 0. The molecular weight excluding hydrogens is 251 g/mol. The molecule has 4 heteroatoms. The van der Waals surface area contributed by atoms with E-state index in [0.717, 1.165) is 25.3 Å². The molecule has 2 unspecified atom stereocenters. The second-order valence-corrected chi connectivity index (χ2v) is 5.67. The molecule has 1 aromatic carbocycles. The summed E-state index contributed by atoms with van der Waals surface area (Å²) in [5.74, 6) is -2.73. The van der Waals surface area contributed by atoms with Gasteiger partial charge in [-0.2, -0.15) is 0 Å². The summed E-state index contributed by atoms with van der Waals surface area (Å²) in [6.07, 6.45) is 4.31. The molecule has 1 aliphatic rings. The van der Waals surface area contributed by atoms with E-state index in [0.29, 0.717) is 11.8 Å². The SMILES string of the molecule is CC(C)C1CCCCC1Nc1ccc(F)c(F)c1F. The summed E-state index contributed by atoms with van der Waals surface area (Å²) in [5.41, 5.74) is 0.0662. The van der Waals surface area contributed by atoms with Gasteiger partial charge in [0.1, 0.15) is 0 Å². The van der Waals surface area contributed by atoms with E-state index in [4.69, 9.17) is 0 Å². The van der Waals surface area contributed by atoms with Gasteiger partial charge >= 0.3 is 0 Å². The summed E-state index contributed by atoms with van der Waals surface area (Å²) in [6.45, 7) is 4.29. The fourth-order valence-corrected chi connectivity index (χ4v) is 2.97. The van der Waals surface area contributed by atoms with Crippen LogP contribution in [0.4, 0.5) is 18.9 Å². The number of hydrogen-bond donors (Lipinski definition) is 1. The Hall–Kier alpha value is -1.19. The van der Waals surface area contributed by atoms with Crippen LogP contribution >= 0.6 is 0 Å². The highest BCUT2D eigenvalue weighted by atomic mass is 19.2. The largest absolute Gasteiger partial charge is 0.380 e. The maximum atomic E-state index is 13.7. The third-order valence-electron chi connectivity index (χ3n) is 4.05. The predicted molar refractivity (Wildman–Crippen MR) is 70.5 cm³/mol. The van der Waals surface area contributed by atoms with Crippen molar-refractivity contribution in [3.05, 3.63) is 29.6 Å². The number of rotatable bonds is 3. The molecule has 0 aromatic heterocycles. The van der Waals surface area contributed by atoms with Gasteiger partial charge in [-0.25, -0.2) is 13.2 Å². The number of benzene rings is 1. The Bertz CT molecular complexity index is 445. The van der Waals surface area contributed by atoms with E-state index < -0.39 is 17.5 Å². The molecule has 0 amide bonds. The van der Waals surface area contributed by atoms with Crippen LogP contribution in [-0.2, 0) is 0 Å². The Kier molecular flexibility index (Phi) is 4.38. The standard InChI is InChI=1S/C15H20F3N/c1-9(2)10-5-3-4-6-12(10)19-13-8-7-11(16)14(17)15(13)18/h7-10,12,19H,3-6H2,1-2H3. The molecule has 1 aliphatic carbocycles. The van der Waals surface area contributed by atoms with Crippen molar-refractivity contribution in [1.29, 1.82) is 0 Å². The lowest BCUT2D eigenvalue weighted by Crippen LogP contribution is -2.35. The van der Waals surface area contributed by atoms with Crippen molar-refractivity contribution in [3.8, 4) is 0 Å². The highest BCUT2D eigenvalue weighted by Crippen LogP contribution is 2.33. The zero-order valence-electron chi connectivity index (χ0n) is 11.3.